The summed E-state index contributed by atoms with van der Waals surface area (Å²) < 4.78 is 0. The molecule has 0 bridgehead atoms. The maximum absolute atomic E-state index is 12.7. The second-order valence-electron chi connectivity index (χ2n) is 5.56. The van der Waals surface area contributed by atoms with E-state index in [2.05, 4.69) is 5.16 Å². The molecule has 0 spiro atoms. The van der Waals surface area contributed by atoms with Crippen molar-refractivity contribution in [1.29, 1.82) is 5.26 Å². The Balaban J connectivity index is 2.06. The molecule has 2 amide bonds. The number of carbonyl (C=O) groups excluding carboxylic acids is 1. The molecule has 22 heavy (non-hydrogen) atoms. The number of halogens is 1. The molecule has 3 rings (SSSR count). The van der Waals surface area contributed by atoms with Gasteiger partial charge in [0.05, 0.1) is 34.1 Å². The molecule has 1 aromatic carbocycles. The number of oxime groups is 1. The van der Waals surface area contributed by atoms with E-state index in [9.17, 15) is 4.79 Å². The van der Waals surface area contributed by atoms with Crippen LogP contribution in [0.2, 0.25) is 5.02 Å². The maximum Gasteiger partial charge on any atom is 0.325 e. The summed E-state index contributed by atoms with van der Waals surface area (Å²) in [5.41, 5.74) is 2.40. The molecule has 0 aliphatic carbocycles. The number of urea groups is 1. The monoisotopic (exact) mass is 318 g/mol. The van der Waals surface area contributed by atoms with Crippen LogP contribution in [0.3, 0.4) is 0 Å². The number of anilines is 1. The molecule has 6 nitrogen and oxygen atoms in total. The second kappa shape index (κ2) is 5.18. The minimum Gasteiger partial charge on any atom is -0.411 e. The van der Waals surface area contributed by atoms with Crippen molar-refractivity contribution >= 4 is 29.0 Å². The molecular weight excluding hydrogens is 304 g/mol. The number of fused-ring (bicyclic) bond motifs is 1. The van der Waals surface area contributed by atoms with Crippen LogP contribution in [0.25, 0.3) is 0 Å². The van der Waals surface area contributed by atoms with Crippen molar-refractivity contribution in [2.24, 2.45) is 5.16 Å². The number of carbonyl (C=O) groups is 1. The van der Waals surface area contributed by atoms with Gasteiger partial charge in [-0.25, -0.2) is 4.79 Å². The average molecular weight is 319 g/mol. The first-order valence-electron chi connectivity index (χ1n) is 7.01. The van der Waals surface area contributed by atoms with Crippen LogP contribution in [0.5, 0.6) is 0 Å². The lowest BCUT2D eigenvalue weighted by Gasteiger charge is -2.25. The summed E-state index contributed by atoms with van der Waals surface area (Å²) in [7, 11) is 0. The molecule has 2 aliphatic heterocycles. The number of hydrogen-bond acceptors (Lipinski definition) is 4. The van der Waals surface area contributed by atoms with Crippen molar-refractivity contribution < 1.29 is 10.0 Å². The highest BCUT2D eigenvalue weighted by Gasteiger charge is 2.50. The standard InChI is InChI=1S/C15H15ClN4O2/c1-8-12(4-3-10(7-17)13(8)16)20-9(2)14-11(18-22)5-6-19(14)15(20)21/h3-4,9,14,22H,5-6H2,1-2H3. The Morgan fingerprint density at radius 1 is 1.50 bits per heavy atom. The second-order valence-corrected chi connectivity index (χ2v) is 5.93. The van der Waals surface area contributed by atoms with Crippen molar-refractivity contribution in [2.75, 3.05) is 11.4 Å². The third kappa shape index (κ3) is 1.86. The summed E-state index contributed by atoms with van der Waals surface area (Å²) in [6.07, 6.45) is 0.595. The Morgan fingerprint density at radius 2 is 2.23 bits per heavy atom. The van der Waals surface area contributed by atoms with Crippen LogP contribution in [-0.4, -0.2) is 40.5 Å². The average Bonchev–Trinajstić information content (AvgIpc) is 3.04. The largest absolute Gasteiger partial charge is 0.411 e. The van der Waals surface area contributed by atoms with Gasteiger partial charge in [-0.05, 0) is 31.5 Å². The lowest BCUT2D eigenvalue weighted by atomic mass is 10.0. The molecule has 2 atom stereocenters. The zero-order valence-electron chi connectivity index (χ0n) is 12.2. The van der Waals surface area contributed by atoms with Gasteiger partial charge in [0.1, 0.15) is 6.07 Å². The van der Waals surface area contributed by atoms with Crippen LogP contribution in [0.15, 0.2) is 17.3 Å². The first kappa shape index (κ1) is 14.7. The first-order valence-corrected chi connectivity index (χ1v) is 7.39. The number of hydrogen-bond donors (Lipinski definition) is 1. The van der Waals surface area contributed by atoms with Gasteiger partial charge in [-0.15, -0.1) is 0 Å². The summed E-state index contributed by atoms with van der Waals surface area (Å²) in [5, 5.41) is 21.9. The van der Waals surface area contributed by atoms with Gasteiger partial charge in [-0.2, -0.15) is 5.26 Å². The van der Waals surface area contributed by atoms with E-state index in [1.807, 2.05) is 13.0 Å². The zero-order chi connectivity index (χ0) is 16.0. The van der Waals surface area contributed by atoms with Crippen molar-refractivity contribution in [3.63, 3.8) is 0 Å². The molecule has 2 fully saturated rings. The van der Waals surface area contributed by atoms with Gasteiger partial charge in [-0.1, -0.05) is 16.8 Å². The Hall–Kier alpha value is -2.26. The molecule has 0 saturated carbocycles. The summed E-state index contributed by atoms with van der Waals surface area (Å²) in [6.45, 7) is 4.26. The number of rotatable bonds is 1. The fraction of sp³-hybridized carbons (Fsp3) is 0.400. The quantitative estimate of drug-likeness (QED) is 0.638. The van der Waals surface area contributed by atoms with Gasteiger partial charge in [0.15, 0.2) is 0 Å². The highest BCUT2D eigenvalue weighted by atomic mass is 35.5. The van der Waals surface area contributed by atoms with E-state index in [4.69, 9.17) is 22.1 Å². The molecule has 2 aliphatic rings. The molecule has 0 aromatic heterocycles. The molecule has 2 saturated heterocycles. The number of nitriles is 1. The van der Waals surface area contributed by atoms with Crippen molar-refractivity contribution in [3.05, 3.63) is 28.3 Å². The lowest BCUT2D eigenvalue weighted by molar-refractivity contribution is 0.221. The van der Waals surface area contributed by atoms with Crippen LogP contribution in [0.4, 0.5) is 10.5 Å². The Labute approximate surface area is 133 Å². The Kier molecular flexibility index (Phi) is 3.45. The van der Waals surface area contributed by atoms with Crippen LogP contribution in [-0.2, 0) is 0 Å². The van der Waals surface area contributed by atoms with E-state index < -0.39 is 0 Å². The smallest absolute Gasteiger partial charge is 0.325 e. The molecule has 2 unspecified atom stereocenters. The fourth-order valence-electron chi connectivity index (χ4n) is 3.36. The molecule has 2 heterocycles. The lowest BCUT2D eigenvalue weighted by Crippen LogP contribution is -2.37. The van der Waals surface area contributed by atoms with E-state index in [1.165, 1.54) is 0 Å². The van der Waals surface area contributed by atoms with Crippen LogP contribution < -0.4 is 4.90 Å². The number of nitrogens with zero attached hydrogens (tertiary/aromatic N) is 4. The number of amides is 2. The van der Waals surface area contributed by atoms with E-state index in [1.54, 1.807) is 28.9 Å². The van der Waals surface area contributed by atoms with Crippen LogP contribution >= 0.6 is 11.6 Å². The SMILES string of the molecule is Cc1c(N2C(=O)N3CCC(=NO)C3C2C)ccc(C#N)c1Cl. The molecular formula is C15H15ClN4O2. The topological polar surface area (TPSA) is 79.9 Å². The van der Waals surface area contributed by atoms with Gasteiger partial charge < -0.3 is 10.1 Å². The van der Waals surface area contributed by atoms with Crippen molar-refractivity contribution in [3.8, 4) is 6.07 Å². The van der Waals surface area contributed by atoms with E-state index in [0.717, 1.165) is 0 Å². The summed E-state index contributed by atoms with van der Waals surface area (Å²) >= 11 is 6.21. The molecule has 114 valence electrons. The minimum atomic E-state index is -0.216. The summed E-state index contributed by atoms with van der Waals surface area (Å²) in [5.74, 6) is 0. The molecule has 7 heteroatoms. The van der Waals surface area contributed by atoms with Gasteiger partial charge in [0, 0.05) is 13.0 Å². The summed E-state index contributed by atoms with van der Waals surface area (Å²) in [4.78, 5) is 16.1. The van der Waals surface area contributed by atoms with Crippen molar-refractivity contribution in [2.45, 2.75) is 32.4 Å². The van der Waals surface area contributed by atoms with Crippen LogP contribution in [0, 0.1) is 18.3 Å². The molecule has 0 radical (unpaired) electrons. The van der Waals surface area contributed by atoms with E-state index >= 15 is 0 Å². The fourth-order valence-corrected chi connectivity index (χ4v) is 3.56. The molecule has 1 aromatic rings. The Morgan fingerprint density at radius 3 is 2.86 bits per heavy atom. The van der Waals surface area contributed by atoms with Gasteiger partial charge in [-0.3, -0.25) is 4.90 Å². The maximum atomic E-state index is 12.7. The van der Waals surface area contributed by atoms with E-state index in [-0.39, 0.29) is 18.1 Å². The predicted octanol–water partition coefficient (Wildman–Crippen LogP) is 2.75. The Bertz CT molecular complexity index is 725. The third-order valence-electron chi connectivity index (χ3n) is 4.47. The normalized spacial score (nSPS) is 25.7. The highest BCUT2D eigenvalue weighted by molar-refractivity contribution is 6.33. The van der Waals surface area contributed by atoms with Crippen LogP contribution in [0.1, 0.15) is 24.5 Å². The third-order valence-corrected chi connectivity index (χ3v) is 4.96. The predicted molar refractivity (Wildman–Crippen MR) is 82.6 cm³/mol. The zero-order valence-corrected chi connectivity index (χ0v) is 13.0. The van der Waals surface area contributed by atoms with E-state index in [0.29, 0.717) is 40.5 Å². The van der Waals surface area contributed by atoms with Gasteiger partial charge in [0.2, 0.25) is 0 Å². The van der Waals surface area contributed by atoms with Gasteiger partial charge >= 0.3 is 6.03 Å². The summed E-state index contributed by atoms with van der Waals surface area (Å²) in [6, 6.07) is 4.89. The van der Waals surface area contributed by atoms with Crippen molar-refractivity contribution in [1.82, 2.24) is 4.90 Å². The molecule has 1 N–H and O–H groups in total. The highest BCUT2D eigenvalue weighted by Crippen LogP contribution is 2.38. The first-order chi connectivity index (χ1) is 10.5. The number of benzene rings is 1. The van der Waals surface area contributed by atoms with Gasteiger partial charge in [0.25, 0.3) is 0 Å². The minimum absolute atomic E-state index is 0.125.